The highest BCUT2D eigenvalue weighted by Crippen LogP contribution is 2.33. The molecule has 0 fully saturated rings. The Morgan fingerprint density at radius 2 is 2.11 bits per heavy atom. The Bertz CT molecular complexity index is 357. The van der Waals surface area contributed by atoms with E-state index in [4.69, 9.17) is 5.73 Å². The van der Waals surface area contributed by atoms with Gasteiger partial charge in [-0.05, 0) is 38.2 Å². The van der Waals surface area contributed by atoms with Crippen LogP contribution in [-0.4, -0.2) is 37.3 Å². The van der Waals surface area contributed by atoms with E-state index in [2.05, 4.69) is 66.1 Å². The molecule has 2 nitrogen and oxygen atoms in total. The Morgan fingerprint density at radius 1 is 1.39 bits per heavy atom. The molecular weight excluding hydrogens is 308 g/mol. The average Bonchev–Trinajstić information content (AvgIpc) is 2.33. The molecule has 4 heteroatoms. The number of hydrogen-bond acceptors (Lipinski definition) is 3. The predicted octanol–water partition coefficient (Wildman–Crippen LogP) is 3.52. The molecule has 2 atom stereocenters. The molecule has 0 bridgehead atoms. The maximum absolute atomic E-state index is 6.27. The number of nitrogens with two attached hydrogens (primary N) is 1. The first-order valence-electron chi connectivity index (χ1n) is 6.32. The molecule has 1 aromatic carbocycles. The zero-order chi connectivity index (χ0) is 13.5. The van der Waals surface area contributed by atoms with Crippen LogP contribution >= 0.6 is 27.7 Å². The van der Waals surface area contributed by atoms with Gasteiger partial charge in [0.25, 0.3) is 0 Å². The molecule has 1 rings (SSSR count). The van der Waals surface area contributed by atoms with Crippen LogP contribution in [0.4, 0.5) is 0 Å². The standard InChI is InChI=1S/C14H23BrN2S/c1-4-13(16)14(18-9-8-17(2)3)11-6-5-7-12(15)10-11/h5-7,10,13-14H,4,8-9,16H2,1-3H3. The normalized spacial score (nSPS) is 14.8. The second-order valence-corrected chi connectivity index (χ2v) is 6.89. The van der Waals surface area contributed by atoms with E-state index in [0.29, 0.717) is 5.25 Å². The number of rotatable bonds is 7. The third-order valence-electron chi connectivity index (χ3n) is 2.87. The van der Waals surface area contributed by atoms with Gasteiger partial charge in [0.05, 0.1) is 0 Å². The largest absolute Gasteiger partial charge is 0.326 e. The van der Waals surface area contributed by atoms with Crippen LogP contribution < -0.4 is 5.73 Å². The van der Waals surface area contributed by atoms with Crippen LogP contribution in [0.15, 0.2) is 28.7 Å². The minimum absolute atomic E-state index is 0.214. The van der Waals surface area contributed by atoms with Gasteiger partial charge < -0.3 is 10.6 Å². The lowest BCUT2D eigenvalue weighted by molar-refractivity contribution is 0.437. The topological polar surface area (TPSA) is 29.3 Å². The van der Waals surface area contributed by atoms with E-state index >= 15 is 0 Å². The Balaban J connectivity index is 2.72. The van der Waals surface area contributed by atoms with E-state index < -0.39 is 0 Å². The second-order valence-electron chi connectivity index (χ2n) is 4.72. The van der Waals surface area contributed by atoms with Crippen LogP contribution in [0.3, 0.4) is 0 Å². The molecule has 0 aliphatic rings. The van der Waals surface area contributed by atoms with Crippen molar-refractivity contribution in [2.24, 2.45) is 5.73 Å². The summed E-state index contributed by atoms with van der Waals surface area (Å²) in [6.07, 6.45) is 1.01. The van der Waals surface area contributed by atoms with E-state index in [9.17, 15) is 0 Å². The van der Waals surface area contributed by atoms with Gasteiger partial charge in [-0.1, -0.05) is 35.0 Å². The number of nitrogens with zero attached hydrogens (tertiary/aromatic N) is 1. The molecule has 2 unspecified atom stereocenters. The highest BCUT2D eigenvalue weighted by Gasteiger charge is 2.19. The SMILES string of the molecule is CCC(N)C(SCCN(C)C)c1cccc(Br)c1. The Kier molecular flexibility index (Phi) is 7.30. The molecule has 0 spiro atoms. The lowest BCUT2D eigenvalue weighted by Crippen LogP contribution is -2.27. The van der Waals surface area contributed by atoms with Crippen molar-refractivity contribution in [3.05, 3.63) is 34.3 Å². The van der Waals surface area contributed by atoms with E-state index in [1.165, 1.54) is 5.56 Å². The average molecular weight is 331 g/mol. The fourth-order valence-corrected chi connectivity index (χ4v) is 3.65. The smallest absolute Gasteiger partial charge is 0.0449 e. The fraction of sp³-hybridized carbons (Fsp3) is 0.571. The molecule has 0 amide bonds. The van der Waals surface area contributed by atoms with Gasteiger partial charge in [-0.15, -0.1) is 0 Å². The van der Waals surface area contributed by atoms with E-state index in [-0.39, 0.29) is 6.04 Å². The minimum atomic E-state index is 0.214. The first-order chi connectivity index (χ1) is 8.54. The van der Waals surface area contributed by atoms with Gasteiger partial charge in [0.1, 0.15) is 0 Å². The summed E-state index contributed by atoms with van der Waals surface area (Å²) in [6, 6.07) is 8.71. The zero-order valence-electron chi connectivity index (χ0n) is 11.4. The summed E-state index contributed by atoms with van der Waals surface area (Å²) < 4.78 is 1.13. The Hall–Kier alpha value is -0.0300. The van der Waals surface area contributed by atoms with Gasteiger partial charge in [0.2, 0.25) is 0 Å². The number of thioether (sulfide) groups is 1. The van der Waals surface area contributed by atoms with Crippen molar-refractivity contribution in [2.75, 3.05) is 26.4 Å². The van der Waals surface area contributed by atoms with Crippen LogP contribution in [0.2, 0.25) is 0 Å². The molecule has 0 aliphatic carbocycles. The van der Waals surface area contributed by atoms with Gasteiger partial charge in [-0.25, -0.2) is 0 Å². The highest BCUT2D eigenvalue weighted by atomic mass is 79.9. The molecule has 0 heterocycles. The molecule has 0 aliphatic heterocycles. The Labute approximate surface area is 123 Å². The molecule has 1 aromatic rings. The van der Waals surface area contributed by atoms with Crippen molar-refractivity contribution in [2.45, 2.75) is 24.6 Å². The van der Waals surface area contributed by atoms with Gasteiger partial charge in [0.15, 0.2) is 0 Å². The monoisotopic (exact) mass is 330 g/mol. The summed E-state index contributed by atoms with van der Waals surface area (Å²) >= 11 is 5.49. The first kappa shape index (κ1) is 16.0. The van der Waals surface area contributed by atoms with Crippen molar-refractivity contribution in [1.82, 2.24) is 4.90 Å². The maximum Gasteiger partial charge on any atom is 0.0449 e. The molecule has 0 saturated carbocycles. The van der Waals surface area contributed by atoms with E-state index in [1.54, 1.807) is 0 Å². The summed E-state index contributed by atoms with van der Waals surface area (Å²) in [4.78, 5) is 2.21. The van der Waals surface area contributed by atoms with Gasteiger partial charge >= 0.3 is 0 Å². The summed E-state index contributed by atoms with van der Waals surface area (Å²) in [5, 5.41) is 0.382. The quantitative estimate of drug-likeness (QED) is 0.829. The minimum Gasteiger partial charge on any atom is -0.326 e. The number of benzene rings is 1. The molecule has 0 aromatic heterocycles. The number of halogens is 1. The third kappa shape index (κ3) is 5.31. The number of hydrogen-bond donors (Lipinski definition) is 1. The van der Waals surface area contributed by atoms with Crippen LogP contribution in [0.5, 0.6) is 0 Å². The second kappa shape index (κ2) is 8.20. The molecule has 2 N–H and O–H groups in total. The van der Waals surface area contributed by atoms with Crippen molar-refractivity contribution in [3.8, 4) is 0 Å². The predicted molar refractivity (Wildman–Crippen MR) is 86.2 cm³/mol. The van der Waals surface area contributed by atoms with Crippen LogP contribution in [0.1, 0.15) is 24.2 Å². The maximum atomic E-state index is 6.27. The summed E-state index contributed by atoms with van der Waals surface area (Å²) in [7, 11) is 4.21. The van der Waals surface area contributed by atoms with Crippen molar-refractivity contribution in [3.63, 3.8) is 0 Å². The van der Waals surface area contributed by atoms with Crippen molar-refractivity contribution in [1.29, 1.82) is 0 Å². The highest BCUT2D eigenvalue weighted by molar-refractivity contribution is 9.10. The molecule has 0 saturated heterocycles. The van der Waals surface area contributed by atoms with Crippen LogP contribution in [0.25, 0.3) is 0 Å². The molecule has 0 radical (unpaired) electrons. The van der Waals surface area contributed by atoms with Gasteiger partial charge in [-0.2, -0.15) is 11.8 Å². The third-order valence-corrected chi connectivity index (χ3v) is 4.77. The lowest BCUT2D eigenvalue weighted by atomic mass is 10.0. The Morgan fingerprint density at radius 3 is 2.67 bits per heavy atom. The van der Waals surface area contributed by atoms with E-state index in [0.717, 1.165) is 23.2 Å². The lowest BCUT2D eigenvalue weighted by Gasteiger charge is -2.24. The summed E-state index contributed by atoms with van der Waals surface area (Å²) in [6.45, 7) is 3.24. The van der Waals surface area contributed by atoms with Gasteiger partial charge in [0, 0.05) is 28.1 Å². The van der Waals surface area contributed by atoms with Crippen LogP contribution in [0, 0.1) is 0 Å². The molecule has 18 heavy (non-hydrogen) atoms. The molecular formula is C14H23BrN2S. The molecule has 102 valence electrons. The van der Waals surface area contributed by atoms with Crippen molar-refractivity contribution < 1.29 is 0 Å². The van der Waals surface area contributed by atoms with Crippen molar-refractivity contribution >= 4 is 27.7 Å². The van der Waals surface area contributed by atoms with E-state index in [1.807, 2.05) is 11.8 Å². The van der Waals surface area contributed by atoms with Gasteiger partial charge in [-0.3, -0.25) is 0 Å². The fourth-order valence-electron chi connectivity index (χ4n) is 1.73. The first-order valence-corrected chi connectivity index (χ1v) is 8.16. The van der Waals surface area contributed by atoms with Crippen LogP contribution in [-0.2, 0) is 0 Å². The summed E-state index contributed by atoms with van der Waals surface area (Å²) in [5.74, 6) is 1.11. The zero-order valence-corrected chi connectivity index (χ0v) is 13.8. The summed E-state index contributed by atoms with van der Waals surface area (Å²) in [5.41, 5.74) is 7.59.